The van der Waals surface area contributed by atoms with Crippen molar-refractivity contribution in [3.05, 3.63) is 82.9 Å². The summed E-state index contributed by atoms with van der Waals surface area (Å²) in [4.78, 5) is 12.3. The molecule has 0 aliphatic carbocycles. The molecule has 0 bridgehead atoms. The lowest BCUT2D eigenvalue weighted by atomic mass is 10.0. The highest BCUT2D eigenvalue weighted by molar-refractivity contribution is 6.30. The van der Waals surface area contributed by atoms with E-state index in [0.717, 1.165) is 22.1 Å². The molecule has 23 heavy (non-hydrogen) atoms. The maximum Gasteiger partial charge on any atom is 0.185 e. The van der Waals surface area contributed by atoms with Crippen molar-refractivity contribution in [2.45, 2.75) is 0 Å². The Morgan fingerprint density at radius 1 is 0.957 bits per heavy atom. The first-order valence-electron chi connectivity index (χ1n) is 7.21. The Hall–Kier alpha value is -2.58. The molecule has 0 atom stereocenters. The van der Waals surface area contributed by atoms with Crippen molar-refractivity contribution in [1.82, 2.24) is 0 Å². The molecular weight excluding hydrogens is 308 g/mol. The van der Waals surface area contributed by atoms with Crippen molar-refractivity contribution in [1.29, 1.82) is 0 Å². The second-order valence-corrected chi connectivity index (χ2v) is 5.61. The number of ketones is 1. The first-order chi connectivity index (χ1) is 11.2. The minimum absolute atomic E-state index is 0.0299. The first-order valence-corrected chi connectivity index (χ1v) is 7.59. The third kappa shape index (κ3) is 3.61. The van der Waals surface area contributed by atoms with Gasteiger partial charge in [-0.05, 0) is 52.7 Å². The largest absolute Gasteiger partial charge is 0.497 e. The average molecular weight is 323 g/mol. The second kappa shape index (κ2) is 6.67. The van der Waals surface area contributed by atoms with Crippen LogP contribution in [-0.4, -0.2) is 12.9 Å². The lowest BCUT2D eigenvalue weighted by Gasteiger charge is -2.04. The van der Waals surface area contributed by atoms with Crippen LogP contribution in [0.5, 0.6) is 5.75 Å². The summed E-state index contributed by atoms with van der Waals surface area (Å²) in [6.45, 7) is 0. The fraction of sp³-hybridized carbons (Fsp3) is 0.0500. The highest BCUT2D eigenvalue weighted by Gasteiger charge is 2.04. The number of carbonyl (C=O) groups excluding carboxylic acids is 1. The van der Waals surface area contributed by atoms with Crippen LogP contribution < -0.4 is 4.74 Å². The van der Waals surface area contributed by atoms with E-state index in [1.165, 1.54) is 0 Å². The standard InChI is InChI=1S/C20H15ClO2/c1-23-19-10-7-15-12-17(6-5-16(15)13-19)20(22)11-4-14-2-8-18(21)9-3-14/h2-13H,1H3/b11-4+. The molecule has 0 aromatic heterocycles. The molecule has 0 fully saturated rings. The topological polar surface area (TPSA) is 26.3 Å². The van der Waals surface area contributed by atoms with Gasteiger partial charge >= 0.3 is 0 Å². The van der Waals surface area contributed by atoms with Crippen molar-refractivity contribution >= 4 is 34.2 Å². The first kappa shape index (κ1) is 15.3. The van der Waals surface area contributed by atoms with Gasteiger partial charge in [0, 0.05) is 10.6 Å². The number of benzene rings is 3. The average Bonchev–Trinajstić information content (AvgIpc) is 2.60. The predicted molar refractivity (Wildman–Crippen MR) is 95.3 cm³/mol. The van der Waals surface area contributed by atoms with E-state index < -0.39 is 0 Å². The van der Waals surface area contributed by atoms with Crippen LogP contribution in [0.25, 0.3) is 16.8 Å². The smallest absolute Gasteiger partial charge is 0.185 e. The number of carbonyl (C=O) groups is 1. The summed E-state index contributed by atoms with van der Waals surface area (Å²) >= 11 is 5.85. The summed E-state index contributed by atoms with van der Waals surface area (Å²) in [5.74, 6) is 0.775. The fourth-order valence-corrected chi connectivity index (χ4v) is 2.47. The van der Waals surface area contributed by atoms with E-state index in [2.05, 4.69) is 0 Å². The molecule has 0 radical (unpaired) electrons. The molecule has 2 nitrogen and oxygen atoms in total. The van der Waals surface area contributed by atoms with E-state index in [1.807, 2.05) is 48.5 Å². The maximum atomic E-state index is 12.3. The number of rotatable bonds is 4. The molecule has 0 aliphatic rings. The molecule has 114 valence electrons. The Labute approximate surface area is 140 Å². The number of ether oxygens (including phenoxy) is 1. The van der Waals surface area contributed by atoms with Gasteiger partial charge in [-0.3, -0.25) is 4.79 Å². The van der Waals surface area contributed by atoms with Crippen molar-refractivity contribution in [2.24, 2.45) is 0 Å². The van der Waals surface area contributed by atoms with E-state index in [1.54, 1.807) is 31.4 Å². The van der Waals surface area contributed by atoms with Crippen LogP contribution in [0.2, 0.25) is 5.02 Å². The monoisotopic (exact) mass is 322 g/mol. The van der Waals surface area contributed by atoms with Gasteiger partial charge in [-0.2, -0.15) is 0 Å². The van der Waals surface area contributed by atoms with Crippen LogP contribution in [0, 0.1) is 0 Å². The molecule has 0 saturated carbocycles. The van der Waals surface area contributed by atoms with Crippen LogP contribution in [-0.2, 0) is 0 Å². The molecule has 3 heteroatoms. The summed E-state index contributed by atoms with van der Waals surface area (Å²) < 4.78 is 5.21. The van der Waals surface area contributed by atoms with Gasteiger partial charge in [-0.1, -0.05) is 48.0 Å². The van der Waals surface area contributed by atoms with Gasteiger partial charge in [-0.25, -0.2) is 0 Å². The number of halogens is 1. The molecule has 0 heterocycles. The molecule has 0 N–H and O–H groups in total. The van der Waals surface area contributed by atoms with Crippen molar-refractivity contribution in [3.8, 4) is 5.75 Å². The van der Waals surface area contributed by atoms with Gasteiger partial charge in [0.05, 0.1) is 7.11 Å². The van der Waals surface area contributed by atoms with Gasteiger partial charge < -0.3 is 4.74 Å². The lowest BCUT2D eigenvalue weighted by molar-refractivity contribution is 0.104. The minimum atomic E-state index is -0.0299. The highest BCUT2D eigenvalue weighted by Crippen LogP contribution is 2.22. The second-order valence-electron chi connectivity index (χ2n) is 5.18. The normalized spacial score (nSPS) is 11.0. The Balaban J connectivity index is 1.84. The van der Waals surface area contributed by atoms with Gasteiger partial charge in [0.1, 0.15) is 5.75 Å². The zero-order chi connectivity index (χ0) is 16.2. The molecular formula is C20H15ClO2. The summed E-state index contributed by atoms with van der Waals surface area (Å²) in [7, 11) is 1.64. The Kier molecular flexibility index (Phi) is 4.45. The number of hydrogen-bond acceptors (Lipinski definition) is 2. The summed E-state index contributed by atoms with van der Waals surface area (Å²) in [6, 6.07) is 18.8. The molecule has 0 amide bonds. The number of fused-ring (bicyclic) bond motifs is 1. The minimum Gasteiger partial charge on any atom is -0.497 e. The van der Waals surface area contributed by atoms with Crippen molar-refractivity contribution in [3.63, 3.8) is 0 Å². The number of methoxy groups -OCH3 is 1. The van der Waals surface area contributed by atoms with E-state index in [4.69, 9.17) is 16.3 Å². The summed E-state index contributed by atoms with van der Waals surface area (Å²) in [5, 5.41) is 2.73. The van der Waals surface area contributed by atoms with Crippen molar-refractivity contribution < 1.29 is 9.53 Å². The van der Waals surface area contributed by atoms with Gasteiger partial charge in [0.2, 0.25) is 0 Å². The summed E-state index contributed by atoms with van der Waals surface area (Å²) in [6.07, 6.45) is 3.37. The zero-order valence-electron chi connectivity index (χ0n) is 12.6. The fourth-order valence-electron chi connectivity index (χ4n) is 2.35. The van der Waals surface area contributed by atoms with Crippen LogP contribution in [0.1, 0.15) is 15.9 Å². The molecule has 0 saturated heterocycles. The Morgan fingerprint density at radius 3 is 2.39 bits per heavy atom. The van der Waals surface area contributed by atoms with E-state index in [0.29, 0.717) is 10.6 Å². The number of allylic oxidation sites excluding steroid dienone is 1. The Bertz CT molecular complexity index is 880. The molecule has 3 aromatic rings. The molecule has 0 aliphatic heterocycles. The van der Waals surface area contributed by atoms with Crippen molar-refractivity contribution in [2.75, 3.05) is 7.11 Å². The summed E-state index contributed by atoms with van der Waals surface area (Å²) in [5.41, 5.74) is 1.60. The zero-order valence-corrected chi connectivity index (χ0v) is 13.4. The van der Waals surface area contributed by atoms with Crippen LogP contribution in [0.3, 0.4) is 0 Å². The lowest BCUT2D eigenvalue weighted by Crippen LogP contribution is -1.94. The van der Waals surface area contributed by atoms with E-state index in [-0.39, 0.29) is 5.78 Å². The maximum absolute atomic E-state index is 12.3. The van der Waals surface area contributed by atoms with Crippen LogP contribution in [0.4, 0.5) is 0 Å². The number of hydrogen-bond donors (Lipinski definition) is 0. The third-order valence-corrected chi connectivity index (χ3v) is 3.88. The molecule has 3 aromatic carbocycles. The van der Waals surface area contributed by atoms with E-state index in [9.17, 15) is 4.79 Å². The molecule has 3 rings (SSSR count). The van der Waals surface area contributed by atoms with E-state index >= 15 is 0 Å². The van der Waals surface area contributed by atoms with Gasteiger partial charge in [0.15, 0.2) is 5.78 Å². The van der Waals surface area contributed by atoms with Crippen LogP contribution in [0.15, 0.2) is 66.7 Å². The molecule has 0 spiro atoms. The van der Waals surface area contributed by atoms with Gasteiger partial charge in [0.25, 0.3) is 0 Å². The third-order valence-electron chi connectivity index (χ3n) is 3.63. The van der Waals surface area contributed by atoms with Gasteiger partial charge in [-0.15, -0.1) is 0 Å². The quantitative estimate of drug-likeness (QED) is 0.475. The highest BCUT2D eigenvalue weighted by atomic mass is 35.5. The van der Waals surface area contributed by atoms with Crippen LogP contribution >= 0.6 is 11.6 Å². The SMILES string of the molecule is COc1ccc2cc(C(=O)/C=C/c3ccc(Cl)cc3)ccc2c1. The predicted octanol–water partition coefficient (Wildman–Crippen LogP) is 5.40. The Morgan fingerprint density at radius 2 is 1.65 bits per heavy atom. The molecule has 0 unspecified atom stereocenters.